The van der Waals surface area contributed by atoms with Gasteiger partial charge in [-0.05, 0) is 242 Å². The summed E-state index contributed by atoms with van der Waals surface area (Å²) >= 11 is 0.00159. The molecule has 0 saturated carbocycles. The highest BCUT2D eigenvalue weighted by Crippen LogP contribution is 2.39. The Hall–Kier alpha value is -11.9. The fourth-order valence-corrected chi connectivity index (χ4v) is 15.7. The standard InChI is InChI=1S/3C37H40F4N4O2S/c2*1-4-43(5-2)18-19-44(22-26-6-10-28(11-7-26)29-12-14-30(15-13-29)37(39,40)41)34(46)23-45-33-21-25(3)20-32(33)35(47)42-36(45)48-24-27-8-16-31(38)17-9-27;1-4-43(5-2)21-22-44(25(3)27-11-13-28(14-12-27)29-15-17-30(18-16-29)37(39,40)41)34(46)23-45-33-8-6-7-32(33)35(47)42-36(45)48-24-26-9-19-31(38)20-10-26/h2*6-17,25H,4-5,18-24H2,1-3H3;9-20,25H,4-8,21-24H2,1-3H3/i6D,7D,8D,9D,10D,11D,12D,13D,14D,15D,16D,17D,18D2,19D2,20D2,21D2,22D2,24D2,25D;4D2,5D2,18D2,19D2,20D2,21D2,22D2,24D2,25D;4D2,5D2,21D2,22D2,24D2,25D. The van der Waals surface area contributed by atoms with E-state index in [1.165, 1.54) is 79.1 Å². The molecule has 0 aliphatic heterocycles. The summed E-state index contributed by atoms with van der Waals surface area (Å²) in [7, 11) is 0. The molecule has 3 aliphatic carbocycles. The molecule has 3 heterocycles. The highest BCUT2D eigenvalue weighted by atomic mass is 32.2. The van der Waals surface area contributed by atoms with Crippen LogP contribution in [0.4, 0.5) is 52.7 Å². The van der Waals surface area contributed by atoms with E-state index in [1.54, 1.807) is 0 Å². The molecular formula is C111H120F12N12O6S3. The molecule has 0 fully saturated rings. The number of hydrogen-bond acceptors (Lipinski definition) is 15. The lowest BCUT2D eigenvalue weighted by atomic mass is 9.99. The first-order valence-electron chi connectivity index (χ1n) is 69.4. The first kappa shape index (κ1) is 58.5. The molecule has 0 bridgehead atoms. The van der Waals surface area contributed by atoms with Crippen LogP contribution in [0, 0.1) is 29.2 Å². The van der Waals surface area contributed by atoms with Gasteiger partial charge in [-0.25, -0.2) is 13.2 Å². The van der Waals surface area contributed by atoms with Crippen LogP contribution in [0.25, 0.3) is 33.4 Å². The van der Waals surface area contributed by atoms with Crippen molar-refractivity contribution in [2.24, 2.45) is 11.8 Å². The summed E-state index contributed by atoms with van der Waals surface area (Å²) in [5.41, 5.74) is -26.2. The number of fused-ring (bicyclic) bond motifs is 3. The Balaban J connectivity index is 0.000000239. The van der Waals surface area contributed by atoms with E-state index in [-0.39, 0.29) is 93.0 Å². The number of thioether (sulfide) groups is 3. The van der Waals surface area contributed by atoms with Crippen molar-refractivity contribution < 1.29 is 140 Å². The Bertz CT molecular complexity index is 9370. The third-order valence-corrected chi connectivity index (χ3v) is 23.3. The minimum Gasteiger partial charge on any atom is -0.336 e. The van der Waals surface area contributed by atoms with Gasteiger partial charge >= 0.3 is 18.5 Å². The zero-order chi connectivity index (χ0) is 151. The van der Waals surface area contributed by atoms with Crippen molar-refractivity contribution in [1.82, 2.24) is 58.1 Å². The van der Waals surface area contributed by atoms with Crippen molar-refractivity contribution in [3.8, 4) is 33.4 Å². The Morgan fingerprint density at radius 2 is 0.757 bits per heavy atom. The minimum atomic E-state index is -5.48. The highest BCUT2D eigenvalue weighted by molar-refractivity contribution is 7.98. The predicted octanol–water partition coefficient (Wildman–Crippen LogP) is 22.7. The topological polar surface area (TPSA) is 175 Å². The molecule has 0 N–H and O–H groups in total. The van der Waals surface area contributed by atoms with E-state index in [9.17, 15) is 86.9 Å². The van der Waals surface area contributed by atoms with Crippen molar-refractivity contribution >= 4 is 53.0 Å². The first-order chi connectivity index (χ1) is 88.9. The molecule has 3 unspecified atom stereocenters. The van der Waals surface area contributed by atoms with Gasteiger partial charge in [-0.3, -0.25) is 28.8 Å². The van der Waals surface area contributed by atoms with Crippen LogP contribution in [0.3, 0.4) is 0 Å². The van der Waals surface area contributed by atoms with Crippen LogP contribution >= 0.6 is 35.3 Å². The van der Waals surface area contributed by atoms with E-state index in [0.29, 0.717) is 59.5 Å². The number of amides is 3. The zero-order valence-corrected chi connectivity index (χ0v) is 79.5. The lowest BCUT2D eigenvalue weighted by Gasteiger charge is -2.33. The van der Waals surface area contributed by atoms with Gasteiger partial charge in [0.2, 0.25) is 17.7 Å². The lowest BCUT2D eigenvalue weighted by Crippen LogP contribution is -2.42. The Labute approximate surface area is 919 Å². The van der Waals surface area contributed by atoms with Crippen LogP contribution in [-0.2, 0) is 121 Å². The molecule has 144 heavy (non-hydrogen) atoms. The van der Waals surface area contributed by atoms with Crippen molar-refractivity contribution in [1.29, 1.82) is 0 Å². The number of rotatable bonds is 39. The maximum atomic E-state index is 15.2. The van der Waals surface area contributed by atoms with Crippen molar-refractivity contribution in [3.05, 3.63) is 350 Å². The van der Waals surface area contributed by atoms with E-state index >= 15 is 9.59 Å². The van der Waals surface area contributed by atoms with Crippen molar-refractivity contribution in [2.75, 3.05) is 78.1 Å². The monoisotopic (exact) mass is 2090 g/mol. The molecule has 12 aromatic rings. The smallest absolute Gasteiger partial charge is 0.336 e. The third kappa shape index (κ3) is 29.3. The molecule has 33 heteroatoms. The van der Waals surface area contributed by atoms with Crippen LogP contribution in [0.1, 0.15) is 231 Å². The molecule has 3 atom stereocenters. The van der Waals surface area contributed by atoms with Crippen LogP contribution in [0.15, 0.2) is 248 Å². The molecule has 3 aromatic heterocycles. The predicted molar refractivity (Wildman–Crippen MR) is 544 cm³/mol. The van der Waals surface area contributed by atoms with Crippen molar-refractivity contribution in [2.45, 2.75) is 197 Å². The summed E-state index contributed by atoms with van der Waals surface area (Å²) < 4.78 is 629. The summed E-state index contributed by atoms with van der Waals surface area (Å²) in [4.78, 5) is 96.9. The van der Waals surface area contributed by atoms with E-state index < -0.39 is 408 Å². The fourth-order valence-electron chi connectivity index (χ4n) is 13.5. The number of aromatic nitrogens is 6. The Morgan fingerprint density at radius 1 is 0.403 bits per heavy atom. The summed E-state index contributed by atoms with van der Waals surface area (Å²) in [5.74, 6) is -14.5. The SMILES string of the molecule is [2H]C([2H])(Sc1nc(=O)c2c(n1CC(=O)N(C([2H])(C)c1ccc(-c3ccc(C(F)(F)F)cc3)cc1)C([2H])([2H])C([2H])([2H])N(C([2H])([2H])C)C([2H])([2H])C)CCC2)c1ccc(F)cc1.[2H]C([2H])(Sc1nc(=O)c2c(n1CC(=O)N(C([2H])([2H])c1ccc(-c3ccc(C(F)(F)F)cc3)cc1)C([2H])([2H])C([2H])([2H])N(C([2H])([2H])C)C([2H])([2H])C)C([2H])([2H])C([2H])(C)C2([2H])[2H])c1ccc(F)cc1.[2H]c1c([2H])c(C([2H])([2H])Sc2nc(=O)c3c(n2CC(=O)N(C([2H])([2H])c2c([2H])c([2H])c(-c4c([2H])c([2H])c(C(F)(F)F)c([2H])c4[2H])c([2H])c2[2H])C([2H])([2H])C([2H])([2H])N(CC)CC)C([2H])([2H])C([2H])(C)C3([2H])[2H])c([2H])c([2H])c1F. The van der Waals surface area contributed by atoms with Gasteiger partial charge in [0.1, 0.15) is 37.1 Å². The van der Waals surface area contributed by atoms with Gasteiger partial charge in [-0.2, -0.15) is 54.5 Å². The molecule has 0 spiro atoms. The molecule has 3 amide bonds. The average molecular weight is 2100 g/mol. The summed E-state index contributed by atoms with van der Waals surface area (Å²) in [6.07, 6.45) is -27.2. The summed E-state index contributed by atoms with van der Waals surface area (Å²) in [6, 6.07) is 4.88. The van der Waals surface area contributed by atoms with Crippen LogP contribution in [0.2, 0.25) is 0 Å². The van der Waals surface area contributed by atoms with Gasteiger partial charge in [0.15, 0.2) is 15.5 Å². The minimum absolute atomic E-state index is 0.00685. The number of carbonyl (C=O) groups excluding carboxylic acids is 3. The van der Waals surface area contributed by atoms with Crippen molar-refractivity contribution in [3.63, 3.8) is 0 Å². The van der Waals surface area contributed by atoms with E-state index in [0.717, 1.165) is 113 Å². The van der Waals surface area contributed by atoms with E-state index in [1.807, 2.05) is 0 Å². The van der Waals surface area contributed by atoms with Crippen LogP contribution in [-0.4, -0.2) is 154 Å². The average Bonchev–Trinajstić information content (AvgIpc) is 1.52. The normalized spacial score (nSPS) is 23.6. The van der Waals surface area contributed by atoms with Gasteiger partial charge < -0.3 is 43.1 Å². The number of hydrogen-bond donors (Lipinski definition) is 0. The van der Waals surface area contributed by atoms with Gasteiger partial charge in [0.05, 0.1) is 54.2 Å². The molecule has 762 valence electrons. The first-order valence-corrected chi connectivity index (χ1v) is 45.4. The lowest BCUT2D eigenvalue weighted by molar-refractivity contribution is -0.138. The fraction of sp³-hybridized carbons (Fsp3) is 0.378. The quantitative estimate of drug-likeness (QED) is 0.0202. The molecule has 15 rings (SSSR count). The molecule has 0 radical (unpaired) electrons. The number of benzene rings is 9. The zero-order valence-electron chi connectivity index (χ0n) is 130. The third-order valence-electron chi connectivity index (χ3n) is 20.8. The maximum Gasteiger partial charge on any atom is 0.416 e. The van der Waals surface area contributed by atoms with E-state index in [4.69, 9.17) is 57.6 Å². The number of carbonyl (C=O) groups is 3. The second kappa shape index (κ2) is 50.3. The molecule has 18 nitrogen and oxygen atoms in total. The summed E-state index contributed by atoms with van der Waals surface area (Å²) in [5, 5.41) is -2.53. The van der Waals surface area contributed by atoms with Gasteiger partial charge in [-0.15, -0.1) is 0 Å². The molecular weight excluding hydrogens is 1920 g/mol. The highest BCUT2D eigenvalue weighted by Gasteiger charge is 2.36. The Morgan fingerprint density at radius 3 is 1.17 bits per heavy atom. The largest absolute Gasteiger partial charge is 0.416 e. The number of nitrogens with zero attached hydrogens (tertiary/aromatic N) is 12. The van der Waals surface area contributed by atoms with Gasteiger partial charge in [0, 0.05) is 144 Å². The molecule has 9 aromatic carbocycles. The van der Waals surface area contributed by atoms with Crippen LogP contribution < -0.4 is 16.7 Å². The second-order valence-electron chi connectivity index (χ2n) is 30.4. The number of halogens is 12. The Kier molecular flexibility index (Phi) is 20.4. The summed E-state index contributed by atoms with van der Waals surface area (Å²) in [6.45, 7) is -40.7. The van der Waals surface area contributed by atoms with Gasteiger partial charge in [0.25, 0.3) is 16.7 Å². The molecule has 3 aliphatic rings. The van der Waals surface area contributed by atoms with Crippen LogP contribution in [0.5, 0.6) is 0 Å². The molecule has 0 saturated heterocycles. The number of likely N-dealkylation sites (N-methyl/N-ethyl adjacent to an activating group) is 3. The van der Waals surface area contributed by atoms with E-state index in [2.05, 4.69) is 15.0 Å². The van der Waals surface area contributed by atoms with Gasteiger partial charge in [-0.1, -0.05) is 236 Å². The second-order valence-corrected chi connectivity index (χ2v) is 32.7. The number of alkyl halides is 9. The maximum absolute atomic E-state index is 15.2.